The fourth-order valence-corrected chi connectivity index (χ4v) is 13.0. The van der Waals surface area contributed by atoms with Gasteiger partial charge in [0.15, 0.2) is 11.3 Å². The van der Waals surface area contributed by atoms with E-state index in [1.807, 2.05) is 6.07 Å². The van der Waals surface area contributed by atoms with Crippen molar-refractivity contribution in [2.75, 3.05) is 36.3 Å². The molecule has 0 saturated carbocycles. The van der Waals surface area contributed by atoms with Crippen LogP contribution in [0.15, 0.2) is 111 Å². The second-order valence-corrected chi connectivity index (χ2v) is 27.1. The summed E-state index contributed by atoms with van der Waals surface area (Å²) in [6.45, 7) is 3.82. The molecule has 30 nitrogen and oxygen atoms in total. The highest BCUT2D eigenvalue weighted by atomic mass is 32.2. The number of thiazole rings is 1. The first-order valence-corrected chi connectivity index (χ1v) is 32.6. The van der Waals surface area contributed by atoms with E-state index in [4.69, 9.17) is 9.47 Å². The summed E-state index contributed by atoms with van der Waals surface area (Å²) in [5, 5.41) is 50.5. The van der Waals surface area contributed by atoms with E-state index in [9.17, 15) is 80.0 Å². The lowest BCUT2D eigenvalue weighted by Gasteiger charge is -2.13. The van der Waals surface area contributed by atoms with E-state index < -0.39 is 88.6 Å². The number of nitrogens with zero attached hydrogens (tertiary/aromatic N) is 10. The Balaban J connectivity index is 1.22. The van der Waals surface area contributed by atoms with Gasteiger partial charge >= 0.3 is 0 Å². The van der Waals surface area contributed by atoms with Gasteiger partial charge in [0, 0.05) is 34.9 Å². The Morgan fingerprint density at radius 2 is 1.41 bits per heavy atom. The van der Waals surface area contributed by atoms with Gasteiger partial charge in [0.05, 0.1) is 57.2 Å². The van der Waals surface area contributed by atoms with Crippen LogP contribution in [0.2, 0.25) is 0 Å². The van der Waals surface area contributed by atoms with Crippen molar-refractivity contribution >= 4 is 157 Å². The van der Waals surface area contributed by atoms with E-state index in [0.717, 1.165) is 58.9 Å². The SMILES string of the molecule is COc1cc2nc3c(C#N)c(C)c(N=Nc4cc(C)c(N=Nc5cc(NC(C)=O)c(N=Nc6nc7c(S(=O)(=O)O)cc8cc(S(=O)(=O)O)ccc8c7s6)cc5SCCCS(=O)(=O)O)cc4OCCCS(=O)(=O)O)c(O)n3c2cc1S(=O)(=O)O. The summed E-state index contributed by atoms with van der Waals surface area (Å²) < 4.78 is 181. The molecule has 0 radical (unpaired) electrons. The maximum atomic E-state index is 12.6. The molecule has 0 aliphatic carbocycles. The van der Waals surface area contributed by atoms with E-state index in [-0.39, 0.29) is 130 Å². The van der Waals surface area contributed by atoms with Gasteiger partial charge in [0.1, 0.15) is 55.5 Å². The summed E-state index contributed by atoms with van der Waals surface area (Å²) in [4.78, 5) is 19.5. The Kier molecular flexibility index (Phi) is 17.4. The number of carbonyl (C=O) groups excluding carboxylic acids is 1. The summed E-state index contributed by atoms with van der Waals surface area (Å²) in [6.07, 6.45) is -0.312. The molecule has 8 rings (SSSR count). The van der Waals surface area contributed by atoms with Crippen LogP contribution in [-0.2, 0) is 55.4 Å². The average Bonchev–Trinajstić information content (AvgIpc) is 3.42. The first-order chi connectivity index (χ1) is 38.7. The van der Waals surface area contributed by atoms with E-state index >= 15 is 0 Å². The maximum absolute atomic E-state index is 12.6. The van der Waals surface area contributed by atoms with Crippen LogP contribution >= 0.6 is 23.1 Å². The van der Waals surface area contributed by atoms with Gasteiger partial charge in [0.25, 0.3) is 50.6 Å². The maximum Gasteiger partial charge on any atom is 0.298 e. The molecule has 0 unspecified atom stereocenters. The number of hydrogen-bond acceptors (Lipinski definition) is 25. The zero-order valence-corrected chi connectivity index (χ0v) is 48.6. The number of carbonyl (C=O) groups is 1. The Morgan fingerprint density at radius 3 is 2.05 bits per heavy atom. The van der Waals surface area contributed by atoms with Crippen LogP contribution in [0.1, 0.15) is 36.5 Å². The van der Waals surface area contributed by atoms with E-state index in [2.05, 4.69) is 46.0 Å². The highest BCUT2D eigenvalue weighted by Crippen LogP contribution is 2.45. The molecule has 3 heterocycles. The molecule has 0 fully saturated rings. The zero-order valence-electron chi connectivity index (χ0n) is 42.8. The molecule has 0 spiro atoms. The first-order valence-electron chi connectivity index (χ1n) is 23.2. The number of nitriles is 1. The number of aromatic nitrogens is 3. The van der Waals surface area contributed by atoms with Crippen LogP contribution in [0.3, 0.4) is 0 Å². The quantitative estimate of drug-likeness (QED) is 0.0152. The number of azo groups is 3. The molecule has 37 heteroatoms. The first kappa shape index (κ1) is 61.3. The van der Waals surface area contributed by atoms with Crippen LogP contribution in [0, 0.1) is 25.2 Å². The molecule has 5 aromatic carbocycles. The molecule has 83 heavy (non-hydrogen) atoms. The number of hydrogen-bond donors (Lipinski definition) is 7. The number of imidazole rings is 1. The number of aromatic hydroxyl groups is 1. The molecule has 1 amide bonds. The number of fused-ring (bicyclic) bond motifs is 6. The second-order valence-electron chi connectivity index (χ2n) is 17.6. The average molecular weight is 1280 g/mol. The summed E-state index contributed by atoms with van der Waals surface area (Å²) >= 11 is 1.80. The number of anilines is 1. The molecule has 3 aromatic heterocycles. The van der Waals surface area contributed by atoms with Gasteiger partial charge in [-0.2, -0.15) is 52.5 Å². The van der Waals surface area contributed by atoms with Gasteiger partial charge in [-0.05, 0) is 85.9 Å². The minimum Gasteiger partial charge on any atom is -0.495 e. The third-order valence-corrected chi connectivity index (χ3v) is 18.0. The number of benzene rings is 5. The van der Waals surface area contributed by atoms with Gasteiger partial charge in [-0.3, -0.25) is 32.0 Å². The molecule has 0 atom stereocenters. The number of amides is 1. The van der Waals surface area contributed by atoms with Crippen molar-refractivity contribution in [1.82, 2.24) is 14.4 Å². The smallest absolute Gasteiger partial charge is 0.298 e. The Morgan fingerprint density at radius 1 is 0.747 bits per heavy atom. The molecule has 0 bridgehead atoms. The third kappa shape index (κ3) is 14.0. The van der Waals surface area contributed by atoms with Gasteiger partial charge in [-0.25, -0.2) is 9.97 Å². The van der Waals surface area contributed by atoms with Gasteiger partial charge in [-0.1, -0.05) is 17.4 Å². The monoisotopic (exact) mass is 1280 g/mol. The lowest BCUT2D eigenvalue weighted by Crippen LogP contribution is -2.08. The topological polar surface area (TPSA) is 468 Å². The summed E-state index contributed by atoms with van der Waals surface area (Å²) in [5.74, 6) is -2.98. The number of thioether (sulfide) groups is 1. The third-order valence-electron chi connectivity index (χ3n) is 11.7. The normalized spacial score (nSPS) is 12.9. The molecule has 0 aliphatic heterocycles. The second kappa shape index (κ2) is 23.5. The van der Waals surface area contributed by atoms with Crippen LogP contribution in [0.4, 0.5) is 39.3 Å². The number of rotatable bonds is 21. The minimum absolute atomic E-state index is 0.00944. The fraction of sp³-hybridized carbons (Fsp3) is 0.217. The Bertz CT molecular complexity index is 4770. The van der Waals surface area contributed by atoms with Crippen molar-refractivity contribution in [2.24, 2.45) is 30.7 Å². The van der Waals surface area contributed by atoms with Crippen molar-refractivity contribution in [2.45, 2.75) is 53.2 Å². The molecule has 7 N–H and O–H groups in total. The highest BCUT2D eigenvalue weighted by Gasteiger charge is 2.27. The molecule has 436 valence electrons. The summed E-state index contributed by atoms with van der Waals surface area (Å²) in [5.41, 5.74) is -0.532. The Labute approximate surface area is 478 Å². The molecule has 0 aliphatic rings. The number of methoxy groups -OCH3 is 1. The van der Waals surface area contributed by atoms with Crippen molar-refractivity contribution in [1.29, 1.82) is 5.26 Å². The van der Waals surface area contributed by atoms with Crippen molar-refractivity contribution in [3.8, 4) is 23.4 Å². The standard InChI is InChI=1S/C46H41N11O19S7/c1-22-13-33(53-55-41-23(2)28(21-47)44-49-32-18-37(75-4)39(82(69,70)71)20-35(32)57(44)45(41)59)36(76-9-5-11-79(60,61)62)17-29(22)51-54-34-16-30(48-24(3)58)31(19-38(34)77-10-6-12-80(63,64)65)52-56-46-50-42-40(83(72,73)74)15-25-14-26(81(66,67)68)7-8-27(25)43(42)78-46/h7-8,13-20,59H,5-6,9-12H2,1-4H3,(H,48,58)(H,60,61,62)(H,63,64,65)(H,66,67,68)(H,69,70,71)(H,72,73,74). The summed E-state index contributed by atoms with van der Waals surface area (Å²) in [6, 6.07) is 13.9. The van der Waals surface area contributed by atoms with E-state index in [0.29, 0.717) is 5.56 Å². The zero-order chi connectivity index (χ0) is 60.7. The van der Waals surface area contributed by atoms with E-state index in [1.54, 1.807) is 6.92 Å². The molecule has 0 saturated heterocycles. The largest absolute Gasteiger partial charge is 0.495 e. The number of pyridine rings is 1. The number of ether oxygens (including phenoxy) is 2. The molecular weight excluding hydrogens is 1240 g/mol. The molecule has 8 aromatic rings. The summed E-state index contributed by atoms with van der Waals surface area (Å²) in [7, 11) is -22.3. The predicted octanol–water partition coefficient (Wildman–Crippen LogP) is 9.42. The Hall–Kier alpha value is -7.74. The van der Waals surface area contributed by atoms with Crippen molar-refractivity contribution in [3.63, 3.8) is 0 Å². The lowest BCUT2D eigenvalue weighted by molar-refractivity contribution is -0.114. The highest BCUT2D eigenvalue weighted by molar-refractivity contribution is 7.99. The van der Waals surface area contributed by atoms with Crippen LogP contribution in [-0.4, -0.2) is 121 Å². The van der Waals surface area contributed by atoms with Gasteiger partial charge in [-0.15, -0.1) is 37.3 Å². The minimum atomic E-state index is -5.00. The van der Waals surface area contributed by atoms with Crippen molar-refractivity contribution < 1.29 is 84.2 Å². The van der Waals surface area contributed by atoms with Crippen LogP contribution in [0.25, 0.3) is 37.7 Å². The van der Waals surface area contributed by atoms with Crippen LogP contribution in [0.5, 0.6) is 17.4 Å². The van der Waals surface area contributed by atoms with Crippen LogP contribution < -0.4 is 14.8 Å². The van der Waals surface area contributed by atoms with Crippen molar-refractivity contribution in [3.05, 3.63) is 77.4 Å². The van der Waals surface area contributed by atoms with E-state index in [1.165, 1.54) is 50.2 Å². The van der Waals surface area contributed by atoms with Gasteiger partial charge < -0.3 is 19.9 Å². The number of aryl methyl sites for hydroxylation is 1. The fourth-order valence-electron chi connectivity index (χ4n) is 8.02. The van der Waals surface area contributed by atoms with Gasteiger partial charge in [0.2, 0.25) is 16.9 Å². The molecular formula is C46H41N11O19S7. The predicted molar refractivity (Wildman–Crippen MR) is 300 cm³/mol. The lowest BCUT2D eigenvalue weighted by atomic mass is 10.1. The number of nitrogens with one attached hydrogen (secondary N) is 1.